The van der Waals surface area contributed by atoms with Gasteiger partial charge in [-0.25, -0.2) is 0 Å². The maximum Gasteiger partial charge on any atom is 0.0490 e. The standard InChI is InChI=1S/C10H10Cl/c1-7-4-9(8-2-3-8)6-10(11)5-7/h4-5,8H,2-3H2,1H3. The molecule has 1 saturated carbocycles. The van der Waals surface area contributed by atoms with E-state index in [0.717, 1.165) is 10.9 Å². The van der Waals surface area contributed by atoms with Gasteiger partial charge in [0, 0.05) is 11.1 Å². The lowest BCUT2D eigenvalue weighted by Crippen LogP contribution is -1.81. The van der Waals surface area contributed by atoms with Crippen molar-refractivity contribution in [2.45, 2.75) is 25.7 Å². The lowest BCUT2D eigenvalue weighted by atomic mass is 10.1. The van der Waals surface area contributed by atoms with Crippen LogP contribution in [0, 0.1) is 13.0 Å². The Kier molecular flexibility index (Phi) is 1.65. The topological polar surface area (TPSA) is 0 Å². The van der Waals surface area contributed by atoms with Crippen molar-refractivity contribution in [3.8, 4) is 0 Å². The van der Waals surface area contributed by atoms with Crippen molar-refractivity contribution in [2.24, 2.45) is 0 Å². The van der Waals surface area contributed by atoms with Crippen LogP contribution in [0.25, 0.3) is 0 Å². The molecule has 1 aliphatic rings. The molecule has 2 rings (SSSR count). The fraction of sp³-hybridized carbons (Fsp3) is 0.400. The number of halogens is 1. The minimum atomic E-state index is 0.756. The highest BCUT2D eigenvalue weighted by Gasteiger charge is 2.23. The third-order valence-corrected chi connectivity index (χ3v) is 2.22. The van der Waals surface area contributed by atoms with Crippen molar-refractivity contribution in [3.05, 3.63) is 34.3 Å². The molecule has 0 N–H and O–H groups in total. The Morgan fingerprint density at radius 2 is 2.18 bits per heavy atom. The zero-order chi connectivity index (χ0) is 7.84. The van der Waals surface area contributed by atoms with E-state index in [0.29, 0.717) is 0 Å². The number of rotatable bonds is 1. The normalized spacial score (nSPS) is 16.9. The summed E-state index contributed by atoms with van der Waals surface area (Å²) in [5.74, 6) is 0.757. The van der Waals surface area contributed by atoms with E-state index in [2.05, 4.69) is 19.1 Å². The molecule has 0 amide bonds. The Hall–Kier alpha value is -0.490. The second-order valence-electron chi connectivity index (χ2n) is 3.24. The lowest BCUT2D eigenvalue weighted by Gasteiger charge is -1.99. The molecule has 1 aliphatic carbocycles. The third-order valence-electron chi connectivity index (χ3n) is 2.02. The number of aryl methyl sites for hydroxylation is 1. The van der Waals surface area contributed by atoms with Gasteiger partial charge in [-0.3, -0.25) is 0 Å². The molecule has 1 aromatic carbocycles. The summed E-state index contributed by atoms with van der Waals surface area (Å²) in [4.78, 5) is 0. The maximum atomic E-state index is 5.87. The summed E-state index contributed by atoms with van der Waals surface area (Å²) in [6, 6.07) is 7.31. The van der Waals surface area contributed by atoms with Crippen LogP contribution >= 0.6 is 11.6 Å². The molecule has 1 radical (unpaired) electrons. The first-order chi connectivity index (χ1) is 5.25. The Labute approximate surface area is 72.2 Å². The van der Waals surface area contributed by atoms with E-state index in [-0.39, 0.29) is 0 Å². The van der Waals surface area contributed by atoms with E-state index in [1.807, 2.05) is 6.07 Å². The molecule has 0 aromatic heterocycles. The van der Waals surface area contributed by atoms with E-state index in [9.17, 15) is 0 Å². The van der Waals surface area contributed by atoms with Gasteiger partial charge in [-0.15, -0.1) is 0 Å². The summed E-state index contributed by atoms with van der Waals surface area (Å²) in [7, 11) is 0. The molecule has 0 saturated heterocycles. The summed E-state index contributed by atoms with van der Waals surface area (Å²) < 4.78 is 0. The van der Waals surface area contributed by atoms with Crippen molar-refractivity contribution < 1.29 is 0 Å². The molecule has 0 spiro atoms. The van der Waals surface area contributed by atoms with Crippen LogP contribution in [0.3, 0.4) is 0 Å². The summed E-state index contributed by atoms with van der Waals surface area (Å²) in [6.07, 6.45) is 2.63. The van der Waals surface area contributed by atoms with E-state index >= 15 is 0 Å². The van der Waals surface area contributed by atoms with Gasteiger partial charge in [0.25, 0.3) is 0 Å². The smallest absolute Gasteiger partial charge is 0.0490 e. The lowest BCUT2D eigenvalue weighted by molar-refractivity contribution is 1.12. The van der Waals surface area contributed by atoms with Crippen LogP contribution in [-0.2, 0) is 0 Å². The molecule has 1 fully saturated rings. The molecule has 11 heavy (non-hydrogen) atoms. The van der Waals surface area contributed by atoms with E-state index in [4.69, 9.17) is 11.6 Å². The highest BCUT2D eigenvalue weighted by molar-refractivity contribution is 6.30. The van der Waals surface area contributed by atoms with Crippen LogP contribution in [0.1, 0.15) is 29.9 Å². The van der Waals surface area contributed by atoms with Crippen molar-refractivity contribution in [3.63, 3.8) is 0 Å². The number of benzene rings is 1. The Balaban J connectivity index is 2.39. The van der Waals surface area contributed by atoms with Gasteiger partial charge >= 0.3 is 0 Å². The van der Waals surface area contributed by atoms with Gasteiger partial charge in [-0.1, -0.05) is 17.7 Å². The van der Waals surface area contributed by atoms with Crippen molar-refractivity contribution in [1.82, 2.24) is 0 Å². The van der Waals surface area contributed by atoms with Crippen LogP contribution in [0.4, 0.5) is 0 Å². The zero-order valence-corrected chi connectivity index (χ0v) is 7.28. The molecule has 57 valence electrons. The van der Waals surface area contributed by atoms with Gasteiger partial charge in [0.1, 0.15) is 0 Å². The van der Waals surface area contributed by atoms with E-state index in [1.54, 1.807) is 0 Å². The molecule has 0 heterocycles. The summed E-state index contributed by atoms with van der Waals surface area (Å²) in [6.45, 7) is 2.08. The Morgan fingerprint density at radius 3 is 2.73 bits per heavy atom. The largest absolute Gasteiger partial charge is 0.0836 e. The SMILES string of the molecule is Cc1cc(Cl)[c]c(C2CC2)c1. The Morgan fingerprint density at radius 1 is 1.45 bits per heavy atom. The second kappa shape index (κ2) is 2.53. The van der Waals surface area contributed by atoms with Gasteiger partial charge < -0.3 is 0 Å². The number of hydrogen-bond acceptors (Lipinski definition) is 0. The fourth-order valence-corrected chi connectivity index (χ4v) is 1.59. The highest BCUT2D eigenvalue weighted by Crippen LogP contribution is 2.40. The van der Waals surface area contributed by atoms with E-state index < -0.39 is 0 Å². The molecular weight excluding hydrogens is 156 g/mol. The minimum Gasteiger partial charge on any atom is -0.0836 e. The molecule has 0 aliphatic heterocycles. The first-order valence-corrected chi connectivity index (χ1v) is 4.33. The molecule has 1 heteroatoms. The van der Waals surface area contributed by atoms with E-state index in [1.165, 1.54) is 24.0 Å². The van der Waals surface area contributed by atoms with Crippen molar-refractivity contribution >= 4 is 11.6 Å². The van der Waals surface area contributed by atoms with Crippen LogP contribution in [0.15, 0.2) is 12.1 Å². The number of hydrogen-bond donors (Lipinski definition) is 0. The van der Waals surface area contributed by atoms with Gasteiger partial charge in [0.2, 0.25) is 0 Å². The average Bonchev–Trinajstić information content (AvgIpc) is 2.64. The van der Waals surface area contributed by atoms with Gasteiger partial charge in [-0.05, 0) is 42.9 Å². The minimum absolute atomic E-state index is 0.756. The first-order valence-electron chi connectivity index (χ1n) is 3.95. The quantitative estimate of drug-likeness (QED) is 0.599. The second-order valence-corrected chi connectivity index (χ2v) is 3.64. The van der Waals surface area contributed by atoms with Crippen LogP contribution < -0.4 is 0 Å². The van der Waals surface area contributed by atoms with Crippen LogP contribution in [0.2, 0.25) is 5.02 Å². The monoisotopic (exact) mass is 165 g/mol. The van der Waals surface area contributed by atoms with Crippen LogP contribution in [-0.4, -0.2) is 0 Å². The average molecular weight is 166 g/mol. The Bertz CT molecular complexity index is 254. The predicted molar refractivity (Wildman–Crippen MR) is 47.0 cm³/mol. The first kappa shape index (κ1) is 7.17. The third kappa shape index (κ3) is 1.57. The highest BCUT2D eigenvalue weighted by atomic mass is 35.5. The predicted octanol–water partition coefficient (Wildman–Crippen LogP) is 3.33. The molecular formula is C10H10Cl. The van der Waals surface area contributed by atoms with Crippen LogP contribution in [0.5, 0.6) is 0 Å². The van der Waals surface area contributed by atoms with Gasteiger partial charge in [0.05, 0.1) is 0 Å². The molecule has 1 aromatic rings. The molecule has 0 nitrogen and oxygen atoms in total. The van der Waals surface area contributed by atoms with Crippen molar-refractivity contribution in [2.75, 3.05) is 0 Å². The fourth-order valence-electron chi connectivity index (χ4n) is 1.31. The maximum absolute atomic E-state index is 5.87. The molecule has 0 bridgehead atoms. The molecule has 0 unspecified atom stereocenters. The summed E-state index contributed by atoms with van der Waals surface area (Å²) in [5, 5.41) is 0.756. The van der Waals surface area contributed by atoms with Gasteiger partial charge in [-0.2, -0.15) is 0 Å². The summed E-state index contributed by atoms with van der Waals surface area (Å²) >= 11 is 5.87. The summed E-state index contributed by atoms with van der Waals surface area (Å²) in [5.41, 5.74) is 2.55. The molecule has 0 atom stereocenters. The zero-order valence-electron chi connectivity index (χ0n) is 6.52. The van der Waals surface area contributed by atoms with Gasteiger partial charge in [0.15, 0.2) is 0 Å². The van der Waals surface area contributed by atoms with Crippen molar-refractivity contribution in [1.29, 1.82) is 0 Å².